The molecule has 1 saturated carbocycles. The number of carbonyl (C=O) groups is 1. The molecule has 4 heteroatoms. The number of rotatable bonds is 1. The maximum atomic E-state index is 13.0. The molecule has 0 amide bonds. The van der Waals surface area contributed by atoms with E-state index in [9.17, 15) is 7.54 Å². The van der Waals surface area contributed by atoms with Gasteiger partial charge in [0, 0.05) is 30.3 Å². The third-order valence-electron chi connectivity index (χ3n) is 5.38. The number of benzene rings is 1. The monoisotopic (exact) mass is 307 g/mol. The highest BCUT2D eigenvalue weighted by atomic mass is 16.5. The molecule has 2 fully saturated rings. The first-order valence-corrected chi connectivity index (χ1v) is 7.51. The van der Waals surface area contributed by atoms with Crippen LogP contribution in [0.5, 0.6) is 11.5 Å². The Kier molecular flexibility index (Phi) is 1.35. The van der Waals surface area contributed by atoms with Gasteiger partial charge < -0.3 is 14.4 Å². The van der Waals surface area contributed by atoms with E-state index in [1.54, 1.807) is 0 Å². The number of carbonyl (C=O) groups excluding carboxylic acids is 1. The number of nitrogens with zero attached hydrogens (tertiary/aromatic N) is 1. The minimum Gasteiger partial charge on any atom is -0.493 e. The second-order valence-electron chi connectivity index (χ2n) is 6.23. The average molecular weight is 307 g/mol. The summed E-state index contributed by atoms with van der Waals surface area (Å²) < 4.78 is 79.8. The summed E-state index contributed by atoms with van der Waals surface area (Å²) in [5.41, 5.74) is -1.10. The lowest BCUT2D eigenvalue weighted by Crippen LogP contribution is -2.65. The molecule has 1 unspecified atom stereocenters. The van der Waals surface area contributed by atoms with Crippen molar-refractivity contribution in [3.8, 4) is 11.5 Å². The van der Waals surface area contributed by atoms with Crippen molar-refractivity contribution >= 4 is 5.78 Å². The van der Waals surface area contributed by atoms with E-state index in [4.69, 9.17) is 17.7 Å². The Bertz CT molecular complexity index is 1010. The maximum absolute atomic E-state index is 13.0. The standard InChI is InChI=1S/C18H21NO3/c1-19-8-7-18-11-4-5-13(20)17(18)22-16-14(21-2)6-3-10(15(16)18)9-12(11)19/h3,6,11-12,17H,4-5,7-9H2,1-2H3/t11-,12+,17?,18-/m0/s1/i1D3,3D,6D,11D,12D,17D. The third-order valence-corrected chi connectivity index (χ3v) is 5.38. The lowest BCUT2D eigenvalue weighted by molar-refractivity contribution is -0.138. The third kappa shape index (κ3) is 1.27. The largest absolute Gasteiger partial charge is 0.493 e. The van der Waals surface area contributed by atoms with Gasteiger partial charge in [0.15, 0.2) is 23.4 Å². The summed E-state index contributed by atoms with van der Waals surface area (Å²) in [6, 6.07) is -2.57. The molecule has 0 N–H and O–H groups in total. The van der Waals surface area contributed by atoms with Crippen molar-refractivity contribution < 1.29 is 25.2 Å². The highest BCUT2D eigenvalue weighted by molar-refractivity contribution is 5.89. The summed E-state index contributed by atoms with van der Waals surface area (Å²) in [6.07, 6.45) is -2.82. The predicted octanol–water partition coefficient (Wildman–Crippen LogP) is 1.93. The van der Waals surface area contributed by atoms with Crippen molar-refractivity contribution in [2.24, 2.45) is 5.89 Å². The Labute approximate surface area is 141 Å². The van der Waals surface area contributed by atoms with Crippen molar-refractivity contribution in [2.75, 3.05) is 20.6 Å². The summed E-state index contributed by atoms with van der Waals surface area (Å²) in [5.74, 6) is -2.43. The van der Waals surface area contributed by atoms with Gasteiger partial charge in [-0.1, -0.05) is 6.04 Å². The topological polar surface area (TPSA) is 38.8 Å². The zero-order valence-corrected chi connectivity index (χ0v) is 12.2. The number of hydrogen-bond donors (Lipinski definition) is 0. The molecule has 2 heterocycles. The molecule has 0 radical (unpaired) electrons. The van der Waals surface area contributed by atoms with Crippen LogP contribution in [0, 0.1) is 5.89 Å². The van der Waals surface area contributed by atoms with E-state index in [-0.39, 0.29) is 61.4 Å². The molecule has 1 aromatic rings. The molecule has 4 atom stereocenters. The summed E-state index contributed by atoms with van der Waals surface area (Å²) in [7, 11) is 1.31. The van der Waals surface area contributed by atoms with Crippen LogP contribution < -0.4 is 9.47 Å². The molecule has 116 valence electrons. The first-order chi connectivity index (χ1) is 13.8. The van der Waals surface area contributed by atoms with Gasteiger partial charge in [-0.15, -0.1) is 0 Å². The second-order valence-corrected chi connectivity index (χ2v) is 6.23. The number of likely N-dealkylation sites (N-methyl/N-ethyl adjacent to an activating group) is 1. The smallest absolute Gasteiger partial charge is 0.174 e. The molecule has 2 aliphatic carbocycles. The number of methoxy groups -OCH3 is 1. The summed E-state index contributed by atoms with van der Waals surface area (Å²) in [5, 5.41) is 0. The minimum atomic E-state index is -2.66. The fourth-order valence-corrected chi connectivity index (χ4v) is 4.51. The SMILES string of the molecule is [2H]c1c([2H])c(OC)c2c3c1C[C@@]1([2H])N(C([2H])([2H])[2H])CC[C@@]34C([2H])(O2)C(=O)CC[C@@]14[2H]. The van der Waals surface area contributed by atoms with Gasteiger partial charge in [-0.25, -0.2) is 0 Å². The van der Waals surface area contributed by atoms with Gasteiger partial charge in [0.2, 0.25) is 0 Å². The highest BCUT2D eigenvalue weighted by Gasteiger charge is 2.65. The normalized spacial score (nSPS) is 54.3. The number of likely N-dealkylation sites (tertiary alicyclic amines) is 1. The molecular weight excluding hydrogens is 278 g/mol. The van der Waals surface area contributed by atoms with Gasteiger partial charge in [-0.3, -0.25) is 4.79 Å². The lowest BCUT2D eigenvalue weighted by atomic mass is 9.52. The van der Waals surface area contributed by atoms with Gasteiger partial charge in [-0.05, 0) is 50.3 Å². The number of ether oxygens (including phenoxy) is 2. The van der Waals surface area contributed by atoms with E-state index in [0.717, 1.165) is 4.90 Å². The minimum absolute atomic E-state index is 0.0137. The average Bonchev–Trinajstić information content (AvgIpc) is 2.90. The zero-order chi connectivity index (χ0) is 22.1. The van der Waals surface area contributed by atoms with E-state index in [2.05, 4.69) is 0 Å². The van der Waals surface area contributed by atoms with Crippen molar-refractivity contribution in [3.05, 3.63) is 23.2 Å². The van der Waals surface area contributed by atoms with Crippen molar-refractivity contribution in [2.45, 2.75) is 43.2 Å². The van der Waals surface area contributed by atoms with E-state index >= 15 is 0 Å². The zero-order valence-electron chi connectivity index (χ0n) is 20.2. The molecule has 2 bridgehead atoms. The van der Waals surface area contributed by atoms with Crippen LogP contribution >= 0.6 is 0 Å². The van der Waals surface area contributed by atoms with Crippen molar-refractivity contribution in [1.82, 2.24) is 4.90 Å². The molecule has 1 spiro atoms. The van der Waals surface area contributed by atoms with Crippen LogP contribution in [0.25, 0.3) is 0 Å². The van der Waals surface area contributed by atoms with Crippen LogP contribution in [-0.2, 0) is 16.6 Å². The number of Topliss-reactive ketones (excluding diaryl/α,β-unsaturated/α-hetero) is 1. The first kappa shape index (κ1) is 7.35. The Morgan fingerprint density at radius 1 is 1.59 bits per heavy atom. The van der Waals surface area contributed by atoms with E-state index in [1.807, 2.05) is 0 Å². The fourth-order valence-electron chi connectivity index (χ4n) is 4.51. The molecule has 4 aliphatic rings. The van der Waals surface area contributed by atoms with Crippen LogP contribution in [0.2, 0.25) is 0 Å². The molecule has 2 aliphatic heterocycles. The Morgan fingerprint density at radius 2 is 2.50 bits per heavy atom. The van der Waals surface area contributed by atoms with Gasteiger partial charge in [0.1, 0.15) is 0 Å². The fraction of sp³-hybridized carbons (Fsp3) is 0.611. The molecule has 0 aromatic heterocycles. The highest BCUT2D eigenvalue weighted by Crippen LogP contribution is 2.62. The summed E-state index contributed by atoms with van der Waals surface area (Å²) in [4.78, 5) is 14.0. The number of piperidine rings is 1. The number of hydrogen-bond acceptors (Lipinski definition) is 4. The summed E-state index contributed by atoms with van der Waals surface area (Å²) >= 11 is 0. The van der Waals surface area contributed by atoms with Gasteiger partial charge >= 0.3 is 0 Å². The molecule has 5 rings (SSSR count). The Morgan fingerprint density at radius 3 is 3.32 bits per heavy atom. The molecule has 4 nitrogen and oxygen atoms in total. The molecule has 1 aromatic carbocycles. The van der Waals surface area contributed by atoms with Crippen LogP contribution in [0.3, 0.4) is 0 Å². The summed E-state index contributed by atoms with van der Waals surface area (Å²) in [6.45, 7) is -2.78. The van der Waals surface area contributed by atoms with Crippen molar-refractivity contribution in [3.63, 3.8) is 0 Å². The van der Waals surface area contributed by atoms with Crippen LogP contribution in [0.15, 0.2) is 12.1 Å². The molecule has 22 heavy (non-hydrogen) atoms. The van der Waals surface area contributed by atoms with Crippen molar-refractivity contribution in [1.29, 1.82) is 0 Å². The van der Waals surface area contributed by atoms with Gasteiger partial charge in [0.05, 0.1) is 11.2 Å². The maximum Gasteiger partial charge on any atom is 0.174 e. The molecular formula is C18H21NO3. The van der Waals surface area contributed by atoms with E-state index < -0.39 is 36.2 Å². The number of ketones is 1. The van der Waals surface area contributed by atoms with Crippen LogP contribution in [0.1, 0.15) is 41.4 Å². The first-order valence-electron chi connectivity index (χ1n) is 11.5. The Hall–Kier alpha value is -1.55. The molecule has 1 saturated heterocycles. The quantitative estimate of drug-likeness (QED) is 0.795. The van der Waals surface area contributed by atoms with E-state index in [1.165, 1.54) is 7.11 Å². The van der Waals surface area contributed by atoms with Gasteiger partial charge in [0.25, 0.3) is 0 Å². The second kappa shape index (κ2) is 4.05. The Balaban J connectivity index is 1.94. The van der Waals surface area contributed by atoms with Gasteiger partial charge in [-0.2, -0.15) is 0 Å². The van der Waals surface area contributed by atoms with Crippen LogP contribution in [0.4, 0.5) is 0 Å². The predicted molar refractivity (Wildman–Crippen MR) is 81.6 cm³/mol. The lowest BCUT2D eigenvalue weighted by Gasteiger charge is -2.57. The van der Waals surface area contributed by atoms with Crippen LogP contribution in [-0.4, -0.2) is 43.4 Å². The van der Waals surface area contributed by atoms with E-state index in [0.29, 0.717) is 5.56 Å².